The molecule has 0 aliphatic heterocycles. The summed E-state index contributed by atoms with van der Waals surface area (Å²) in [5, 5.41) is 0. The number of hydrogen-bond donors (Lipinski definition) is 1. The van der Waals surface area contributed by atoms with Gasteiger partial charge in [-0.25, -0.2) is 4.57 Å². The van der Waals surface area contributed by atoms with Gasteiger partial charge in [0.1, 0.15) is 18.4 Å². The van der Waals surface area contributed by atoms with Crippen molar-refractivity contribution in [2.45, 2.75) is 116 Å². The summed E-state index contributed by atoms with van der Waals surface area (Å²) >= 11 is 0. The molecule has 0 saturated heterocycles. The minimum Gasteiger partial charge on any atom is -0.250 e. The zero-order valence-corrected chi connectivity index (χ0v) is 19.8. The van der Waals surface area contributed by atoms with E-state index in [1.807, 2.05) is 6.20 Å². The van der Waals surface area contributed by atoms with Crippen LogP contribution in [-0.4, -0.2) is 4.98 Å². The monoisotopic (exact) mass is 411 g/mol. The van der Waals surface area contributed by atoms with Gasteiger partial charge in [-0.15, -0.1) is 0 Å². The van der Waals surface area contributed by atoms with Gasteiger partial charge in [-0.05, 0) is 24.8 Å². The van der Waals surface area contributed by atoms with Gasteiger partial charge in [0.15, 0.2) is 0 Å². The molecule has 2 rings (SSSR count). The average Bonchev–Trinajstić information content (AvgIpc) is 3.29. The Morgan fingerprint density at radius 3 is 1.87 bits per heavy atom. The molecule has 1 aromatic carbocycles. The van der Waals surface area contributed by atoms with E-state index in [1.165, 1.54) is 95.5 Å². The van der Waals surface area contributed by atoms with E-state index in [2.05, 4.69) is 66.3 Å². The molecule has 1 N–H and O–H groups in total. The Kier molecular flexibility index (Phi) is 13.3. The molecule has 0 fully saturated rings. The smallest absolute Gasteiger partial charge is 0.241 e. The number of H-pyrrole nitrogens is 1. The van der Waals surface area contributed by atoms with Gasteiger partial charge in [-0.3, -0.25) is 4.98 Å². The molecule has 2 atom stereocenters. The molecular formula is C28H47N2+. The van der Waals surface area contributed by atoms with Gasteiger partial charge in [0, 0.05) is 5.92 Å². The number of imidazole rings is 1. The van der Waals surface area contributed by atoms with Crippen LogP contribution in [0.15, 0.2) is 49.1 Å². The number of nitrogens with zero attached hydrogens (tertiary/aromatic N) is 1. The summed E-state index contributed by atoms with van der Waals surface area (Å²) < 4.78 is 2.40. The van der Waals surface area contributed by atoms with Crippen LogP contribution in [0.25, 0.3) is 0 Å². The van der Waals surface area contributed by atoms with Gasteiger partial charge in [-0.1, -0.05) is 121 Å². The van der Waals surface area contributed by atoms with Crippen molar-refractivity contribution in [1.82, 2.24) is 4.98 Å². The Balaban J connectivity index is 1.56. The molecule has 1 aromatic heterocycles. The van der Waals surface area contributed by atoms with Crippen molar-refractivity contribution in [2.75, 3.05) is 0 Å². The molecule has 0 bridgehead atoms. The number of aromatic amines is 1. The lowest BCUT2D eigenvalue weighted by atomic mass is 9.90. The fourth-order valence-electron chi connectivity index (χ4n) is 4.73. The molecule has 0 saturated carbocycles. The standard InChI is InChI=1S/C28H46N2/c1-3-4-5-6-7-8-9-10-11-12-13-14-18-21-28(30-23-22-29-25-30)26(2)24-27-19-16-15-17-20-27/h15-17,19-20,22-23,25-26,28H,3-14,18,21,24H2,1-2H3/p+1. The molecule has 2 nitrogen and oxygen atoms in total. The van der Waals surface area contributed by atoms with Crippen molar-refractivity contribution in [3.05, 3.63) is 54.6 Å². The predicted molar refractivity (Wildman–Crippen MR) is 130 cm³/mol. The fraction of sp³-hybridized carbons (Fsp3) is 0.679. The quantitative estimate of drug-likeness (QED) is 0.188. The average molecular weight is 412 g/mol. The minimum absolute atomic E-state index is 0.587. The second-order valence-corrected chi connectivity index (χ2v) is 9.32. The molecule has 0 radical (unpaired) electrons. The normalized spacial score (nSPS) is 13.4. The van der Waals surface area contributed by atoms with Crippen LogP contribution in [0.5, 0.6) is 0 Å². The van der Waals surface area contributed by atoms with Crippen LogP contribution in [0.1, 0.15) is 115 Å². The first-order chi connectivity index (χ1) is 14.8. The SMILES string of the molecule is CCCCCCCCCCCCCCCC(C(C)Cc1ccccc1)[n+]1cc[nH]c1. The van der Waals surface area contributed by atoms with Crippen LogP contribution < -0.4 is 4.57 Å². The molecule has 0 aliphatic carbocycles. The largest absolute Gasteiger partial charge is 0.250 e. The molecule has 0 spiro atoms. The summed E-state index contributed by atoms with van der Waals surface area (Å²) in [6.45, 7) is 4.71. The van der Waals surface area contributed by atoms with Crippen molar-refractivity contribution >= 4 is 0 Å². The zero-order valence-electron chi connectivity index (χ0n) is 19.8. The van der Waals surface area contributed by atoms with E-state index in [0.717, 1.165) is 6.42 Å². The maximum Gasteiger partial charge on any atom is 0.241 e. The van der Waals surface area contributed by atoms with E-state index in [4.69, 9.17) is 0 Å². The highest BCUT2D eigenvalue weighted by molar-refractivity contribution is 5.15. The van der Waals surface area contributed by atoms with Crippen LogP contribution in [0.3, 0.4) is 0 Å². The highest BCUT2D eigenvalue weighted by atomic mass is 15.1. The first-order valence-corrected chi connectivity index (χ1v) is 12.9. The Bertz CT molecular complexity index is 605. The van der Waals surface area contributed by atoms with Crippen LogP contribution in [0.2, 0.25) is 0 Å². The van der Waals surface area contributed by atoms with E-state index in [0.29, 0.717) is 12.0 Å². The Labute approximate surface area is 186 Å². The van der Waals surface area contributed by atoms with Crippen molar-refractivity contribution in [1.29, 1.82) is 0 Å². The Morgan fingerprint density at radius 2 is 1.33 bits per heavy atom. The summed E-state index contributed by atoms with van der Waals surface area (Å²) in [5.41, 5.74) is 1.46. The summed E-state index contributed by atoms with van der Waals surface area (Å²) in [5.74, 6) is 0.644. The summed E-state index contributed by atoms with van der Waals surface area (Å²) in [6, 6.07) is 11.5. The lowest BCUT2D eigenvalue weighted by Gasteiger charge is -2.21. The second-order valence-electron chi connectivity index (χ2n) is 9.32. The zero-order chi connectivity index (χ0) is 21.3. The van der Waals surface area contributed by atoms with Gasteiger partial charge in [-0.2, -0.15) is 0 Å². The summed E-state index contributed by atoms with van der Waals surface area (Å²) in [6.07, 6.45) is 27.3. The van der Waals surface area contributed by atoms with Gasteiger partial charge in [0.2, 0.25) is 6.33 Å². The van der Waals surface area contributed by atoms with E-state index in [9.17, 15) is 0 Å². The maximum atomic E-state index is 3.24. The molecule has 2 unspecified atom stereocenters. The number of nitrogens with one attached hydrogen (secondary N) is 1. The van der Waals surface area contributed by atoms with E-state index in [-0.39, 0.29) is 0 Å². The van der Waals surface area contributed by atoms with Crippen molar-refractivity contribution in [3.8, 4) is 0 Å². The molecule has 0 amide bonds. The third-order valence-corrected chi connectivity index (χ3v) is 6.61. The number of aromatic nitrogens is 2. The van der Waals surface area contributed by atoms with Crippen LogP contribution in [0, 0.1) is 5.92 Å². The third-order valence-electron chi connectivity index (χ3n) is 6.61. The molecule has 30 heavy (non-hydrogen) atoms. The fourth-order valence-corrected chi connectivity index (χ4v) is 4.73. The highest BCUT2D eigenvalue weighted by Gasteiger charge is 2.23. The van der Waals surface area contributed by atoms with Gasteiger partial charge < -0.3 is 0 Å². The topological polar surface area (TPSA) is 19.7 Å². The molecular weight excluding hydrogens is 364 g/mol. The maximum absolute atomic E-state index is 3.24. The van der Waals surface area contributed by atoms with Crippen molar-refractivity contribution in [3.63, 3.8) is 0 Å². The minimum atomic E-state index is 0.587. The summed E-state index contributed by atoms with van der Waals surface area (Å²) in [4.78, 5) is 3.24. The second kappa shape index (κ2) is 16.2. The number of benzene rings is 1. The molecule has 1 heterocycles. The van der Waals surface area contributed by atoms with Crippen molar-refractivity contribution < 1.29 is 4.57 Å². The molecule has 0 aliphatic rings. The van der Waals surface area contributed by atoms with E-state index < -0.39 is 0 Å². The first-order valence-electron chi connectivity index (χ1n) is 12.9. The highest BCUT2D eigenvalue weighted by Crippen LogP contribution is 2.23. The van der Waals surface area contributed by atoms with Gasteiger partial charge in [0.05, 0.1) is 0 Å². The predicted octanol–water partition coefficient (Wildman–Crippen LogP) is 8.20. The van der Waals surface area contributed by atoms with Gasteiger partial charge >= 0.3 is 0 Å². The third kappa shape index (κ3) is 10.5. The number of rotatable bonds is 18. The molecule has 2 heteroatoms. The lowest BCUT2D eigenvalue weighted by Crippen LogP contribution is -2.41. The number of unbranched alkanes of at least 4 members (excludes halogenated alkanes) is 12. The van der Waals surface area contributed by atoms with E-state index in [1.54, 1.807) is 0 Å². The van der Waals surface area contributed by atoms with Crippen molar-refractivity contribution in [2.24, 2.45) is 5.92 Å². The van der Waals surface area contributed by atoms with E-state index >= 15 is 0 Å². The summed E-state index contributed by atoms with van der Waals surface area (Å²) in [7, 11) is 0. The van der Waals surface area contributed by atoms with Crippen LogP contribution in [0.4, 0.5) is 0 Å². The first kappa shape index (κ1) is 24.7. The van der Waals surface area contributed by atoms with Crippen LogP contribution in [-0.2, 0) is 6.42 Å². The Morgan fingerprint density at radius 1 is 0.767 bits per heavy atom. The van der Waals surface area contributed by atoms with Crippen LogP contribution >= 0.6 is 0 Å². The lowest BCUT2D eigenvalue weighted by molar-refractivity contribution is -0.729. The van der Waals surface area contributed by atoms with Gasteiger partial charge in [0.25, 0.3) is 0 Å². The molecule has 168 valence electrons. The Hall–Kier alpha value is -1.57. The molecule has 2 aromatic rings. The number of hydrogen-bond acceptors (Lipinski definition) is 0.